The quantitative estimate of drug-likeness (QED) is 0.751. The third kappa shape index (κ3) is 3.88. The molecule has 0 aromatic heterocycles. The van der Waals surface area contributed by atoms with Gasteiger partial charge in [0.1, 0.15) is 6.54 Å². The predicted octanol–water partition coefficient (Wildman–Crippen LogP) is 0.806. The van der Waals surface area contributed by atoms with Gasteiger partial charge in [0, 0.05) is 11.3 Å². The molecule has 1 aliphatic heterocycles. The van der Waals surface area contributed by atoms with Crippen LogP contribution in [0.25, 0.3) is 0 Å². The summed E-state index contributed by atoms with van der Waals surface area (Å²) in [5.74, 6) is -1.63. The number of nitrogens with zero attached hydrogens (tertiary/aromatic N) is 1. The number of carbonyl (C=O) groups excluding carboxylic acids is 3. The summed E-state index contributed by atoms with van der Waals surface area (Å²) in [4.78, 5) is 37.8. The van der Waals surface area contributed by atoms with Crippen LogP contribution in [-0.2, 0) is 26.0 Å². The Morgan fingerprint density at radius 1 is 1.19 bits per heavy atom. The van der Waals surface area contributed by atoms with E-state index in [-0.39, 0.29) is 17.0 Å². The van der Waals surface area contributed by atoms with Crippen LogP contribution in [0.1, 0.15) is 21.5 Å². The van der Waals surface area contributed by atoms with Gasteiger partial charge in [-0.05, 0) is 36.2 Å². The van der Waals surface area contributed by atoms with Crippen molar-refractivity contribution in [3.05, 3.63) is 59.2 Å². The van der Waals surface area contributed by atoms with Crippen LogP contribution in [0.4, 0.5) is 5.69 Å². The van der Waals surface area contributed by atoms with E-state index in [1.165, 1.54) is 18.2 Å². The lowest BCUT2D eigenvalue weighted by Crippen LogP contribution is -2.46. The largest absolute Gasteiger partial charge is 0.324 e. The molecule has 2 aromatic carbocycles. The number of amides is 3. The number of fused-ring (bicyclic) bond motifs is 1. The molecule has 0 saturated heterocycles. The Morgan fingerprint density at radius 2 is 1.89 bits per heavy atom. The average molecular weight is 387 g/mol. The smallest absolute Gasteiger partial charge is 0.261 e. The second kappa shape index (κ2) is 6.93. The first-order valence-electron chi connectivity index (χ1n) is 8.03. The molecular formula is C18H17N3O5S. The van der Waals surface area contributed by atoms with Gasteiger partial charge in [-0.25, -0.2) is 13.6 Å². The molecule has 0 unspecified atom stereocenters. The summed E-state index contributed by atoms with van der Waals surface area (Å²) < 4.78 is 23.2. The Labute approximate surface area is 156 Å². The molecule has 0 atom stereocenters. The molecule has 3 rings (SSSR count). The Balaban J connectivity index is 1.77. The number of sulfonamides is 1. The SMILES string of the molecule is Cc1ccc(NC(=O)CN2C(=O)Cc3ccccc3C2=O)cc1S(N)(=O)=O. The lowest BCUT2D eigenvalue weighted by molar-refractivity contribution is -0.131. The summed E-state index contributed by atoms with van der Waals surface area (Å²) in [5.41, 5.74) is 1.65. The van der Waals surface area contributed by atoms with Gasteiger partial charge in [-0.15, -0.1) is 0 Å². The predicted molar refractivity (Wildman–Crippen MR) is 97.4 cm³/mol. The zero-order valence-corrected chi connectivity index (χ0v) is 15.2. The van der Waals surface area contributed by atoms with Crippen molar-refractivity contribution in [2.24, 2.45) is 5.14 Å². The summed E-state index contributed by atoms with van der Waals surface area (Å²) in [6, 6.07) is 11.0. The molecule has 3 amide bonds. The Bertz CT molecular complexity index is 1060. The van der Waals surface area contributed by atoms with Gasteiger partial charge >= 0.3 is 0 Å². The molecule has 2 aromatic rings. The van der Waals surface area contributed by atoms with E-state index in [9.17, 15) is 22.8 Å². The van der Waals surface area contributed by atoms with Crippen LogP contribution >= 0.6 is 0 Å². The van der Waals surface area contributed by atoms with Crippen LogP contribution in [0.5, 0.6) is 0 Å². The fourth-order valence-corrected chi connectivity index (χ4v) is 3.70. The molecule has 1 heterocycles. The number of hydrogen-bond donors (Lipinski definition) is 2. The highest BCUT2D eigenvalue weighted by molar-refractivity contribution is 7.89. The summed E-state index contributed by atoms with van der Waals surface area (Å²) >= 11 is 0. The number of benzene rings is 2. The lowest BCUT2D eigenvalue weighted by Gasteiger charge is -2.26. The second-order valence-corrected chi connectivity index (χ2v) is 7.72. The number of aryl methyl sites for hydroxylation is 1. The van der Waals surface area contributed by atoms with E-state index >= 15 is 0 Å². The third-order valence-corrected chi connectivity index (χ3v) is 5.27. The molecule has 0 bridgehead atoms. The van der Waals surface area contributed by atoms with E-state index in [1.54, 1.807) is 31.2 Å². The van der Waals surface area contributed by atoms with E-state index in [2.05, 4.69) is 5.32 Å². The maximum absolute atomic E-state index is 12.5. The monoisotopic (exact) mass is 387 g/mol. The van der Waals surface area contributed by atoms with Crippen molar-refractivity contribution in [1.29, 1.82) is 0 Å². The van der Waals surface area contributed by atoms with Crippen LogP contribution in [0.3, 0.4) is 0 Å². The van der Waals surface area contributed by atoms with Crippen LogP contribution in [0, 0.1) is 6.92 Å². The Morgan fingerprint density at radius 3 is 2.59 bits per heavy atom. The van der Waals surface area contributed by atoms with Crippen molar-refractivity contribution >= 4 is 33.4 Å². The van der Waals surface area contributed by atoms with Gasteiger partial charge in [-0.2, -0.15) is 0 Å². The van der Waals surface area contributed by atoms with Crippen LogP contribution in [0.2, 0.25) is 0 Å². The molecular weight excluding hydrogens is 370 g/mol. The van der Waals surface area contributed by atoms with Crippen molar-refractivity contribution in [3.8, 4) is 0 Å². The zero-order valence-electron chi connectivity index (χ0n) is 14.4. The highest BCUT2D eigenvalue weighted by Crippen LogP contribution is 2.21. The molecule has 140 valence electrons. The van der Waals surface area contributed by atoms with Crippen molar-refractivity contribution in [1.82, 2.24) is 4.90 Å². The lowest BCUT2D eigenvalue weighted by atomic mass is 9.98. The standard InChI is InChI=1S/C18H17N3O5S/c1-11-6-7-13(9-15(11)27(19,25)26)20-16(22)10-21-17(23)8-12-4-2-3-5-14(12)18(21)24/h2-7,9H,8,10H2,1H3,(H,20,22)(H2,19,25,26). The summed E-state index contributed by atoms with van der Waals surface area (Å²) in [5, 5.41) is 7.64. The summed E-state index contributed by atoms with van der Waals surface area (Å²) in [6.45, 7) is 1.11. The van der Waals surface area contributed by atoms with Gasteiger partial charge < -0.3 is 5.32 Å². The molecule has 0 aliphatic carbocycles. The zero-order chi connectivity index (χ0) is 19.8. The molecule has 1 aliphatic rings. The number of nitrogens with two attached hydrogens (primary N) is 1. The van der Waals surface area contributed by atoms with E-state index in [0.717, 1.165) is 4.90 Å². The van der Waals surface area contributed by atoms with Crippen molar-refractivity contribution < 1.29 is 22.8 Å². The molecule has 8 nitrogen and oxygen atoms in total. The molecule has 0 spiro atoms. The maximum atomic E-state index is 12.5. The minimum Gasteiger partial charge on any atom is -0.324 e. The van der Waals surface area contributed by atoms with Crippen molar-refractivity contribution in [3.63, 3.8) is 0 Å². The maximum Gasteiger partial charge on any atom is 0.261 e. The fraction of sp³-hybridized carbons (Fsp3) is 0.167. The minimum absolute atomic E-state index is 0.0370. The van der Waals surface area contributed by atoms with E-state index in [0.29, 0.717) is 16.7 Å². The number of hydrogen-bond acceptors (Lipinski definition) is 5. The topological polar surface area (TPSA) is 127 Å². The number of carbonyl (C=O) groups is 3. The number of imide groups is 1. The molecule has 0 radical (unpaired) electrons. The van der Waals surface area contributed by atoms with Crippen LogP contribution in [0.15, 0.2) is 47.4 Å². The molecule has 27 heavy (non-hydrogen) atoms. The second-order valence-electron chi connectivity index (χ2n) is 6.19. The van der Waals surface area contributed by atoms with E-state index < -0.39 is 34.3 Å². The van der Waals surface area contributed by atoms with Gasteiger partial charge in [-0.1, -0.05) is 24.3 Å². The van der Waals surface area contributed by atoms with Gasteiger partial charge in [-0.3, -0.25) is 19.3 Å². The summed E-state index contributed by atoms with van der Waals surface area (Å²) in [7, 11) is -3.94. The Kier molecular flexibility index (Phi) is 4.81. The van der Waals surface area contributed by atoms with E-state index in [4.69, 9.17) is 5.14 Å². The first-order valence-corrected chi connectivity index (χ1v) is 9.57. The third-order valence-electron chi connectivity index (χ3n) is 4.22. The average Bonchev–Trinajstić information content (AvgIpc) is 2.59. The normalized spacial score (nSPS) is 14.1. The van der Waals surface area contributed by atoms with Crippen molar-refractivity contribution in [2.45, 2.75) is 18.2 Å². The first-order chi connectivity index (χ1) is 12.7. The number of nitrogens with one attached hydrogen (secondary N) is 1. The number of primary sulfonamides is 1. The highest BCUT2D eigenvalue weighted by Gasteiger charge is 2.32. The van der Waals surface area contributed by atoms with Gasteiger partial charge in [0.05, 0.1) is 11.3 Å². The molecule has 9 heteroatoms. The number of rotatable bonds is 4. The van der Waals surface area contributed by atoms with E-state index in [1.807, 2.05) is 0 Å². The van der Waals surface area contributed by atoms with Crippen molar-refractivity contribution in [2.75, 3.05) is 11.9 Å². The minimum atomic E-state index is -3.94. The first kappa shape index (κ1) is 18.7. The highest BCUT2D eigenvalue weighted by atomic mass is 32.2. The molecule has 3 N–H and O–H groups in total. The molecule has 0 fully saturated rings. The van der Waals surface area contributed by atoms with Gasteiger partial charge in [0.25, 0.3) is 5.91 Å². The summed E-state index contributed by atoms with van der Waals surface area (Å²) in [6.07, 6.45) is 0.0370. The fourth-order valence-electron chi connectivity index (χ4n) is 2.89. The molecule has 0 saturated carbocycles. The number of anilines is 1. The van der Waals surface area contributed by atoms with Gasteiger partial charge in [0.15, 0.2) is 0 Å². The van der Waals surface area contributed by atoms with Crippen LogP contribution in [-0.4, -0.2) is 37.6 Å². The van der Waals surface area contributed by atoms with Gasteiger partial charge in [0.2, 0.25) is 21.8 Å². The van der Waals surface area contributed by atoms with Crippen LogP contribution < -0.4 is 10.5 Å². The Hall–Kier alpha value is -3.04.